The van der Waals surface area contributed by atoms with Gasteiger partial charge in [-0.2, -0.15) is 7.99 Å². The van der Waals surface area contributed by atoms with Crippen molar-refractivity contribution in [3.8, 4) is 0 Å². The molecule has 1 heterocycles. The molecule has 0 fully saturated rings. The third kappa shape index (κ3) is 3.78. The predicted octanol–water partition coefficient (Wildman–Crippen LogP) is 4.59. The van der Waals surface area contributed by atoms with Gasteiger partial charge in [0.15, 0.2) is 0 Å². The van der Waals surface area contributed by atoms with Crippen LogP contribution in [0, 0.1) is 5.82 Å². The van der Waals surface area contributed by atoms with Gasteiger partial charge in [-0.05, 0) is 41.8 Å². The Hall–Kier alpha value is -1.32. The van der Waals surface area contributed by atoms with E-state index in [1.807, 2.05) is 0 Å². The van der Waals surface area contributed by atoms with Gasteiger partial charge in [-0.15, -0.1) is 0 Å². The summed E-state index contributed by atoms with van der Waals surface area (Å²) in [6, 6.07) is 11.5. The summed E-state index contributed by atoms with van der Waals surface area (Å²) in [5.41, 5.74) is 0.418. The largest absolute Gasteiger partial charge is 0.283 e. The first-order chi connectivity index (χ1) is 11.9. The van der Waals surface area contributed by atoms with Crippen molar-refractivity contribution in [3.05, 3.63) is 74.4 Å². The Morgan fingerprint density at radius 3 is 2.60 bits per heavy atom. The first kappa shape index (κ1) is 18.5. The minimum Gasteiger partial charge on any atom is -0.281 e. The number of carbonyl (C=O) groups is 1. The molecule has 3 rings (SSSR count). The van der Waals surface area contributed by atoms with Crippen LogP contribution in [-0.4, -0.2) is 13.2 Å². The van der Waals surface area contributed by atoms with Crippen LogP contribution in [0.1, 0.15) is 17.2 Å². The summed E-state index contributed by atoms with van der Waals surface area (Å²) >= 11 is 10.8. The zero-order valence-corrected chi connectivity index (χ0v) is 17.0. The number of benzene rings is 2. The van der Waals surface area contributed by atoms with Crippen molar-refractivity contribution in [2.75, 3.05) is 0 Å². The quantitative estimate of drug-likeness (QED) is 0.363. The maximum atomic E-state index is 14.2. The number of rotatable bonds is 4. The van der Waals surface area contributed by atoms with Crippen LogP contribution in [0.3, 0.4) is 0 Å². The van der Waals surface area contributed by atoms with E-state index >= 15 is 0 Å². The zero-order chi connectivity index (χ0) is 18.1. The Bertz CT molecular complexity index is 1040. The second-order valence-electron chi connectivity index (χ2n) is 5.39. The molecule has 4 nitrogen and oxygen atoms in total. The van der Waals surface area contributed by atoms with E-state index in [1.54, 1.807) is 59.3 Å². The lowest BCUT2D eigenvalue weighted by Gasteiger charge is -2.15. The highest BCUT2D eigenvalue weighted by Gasteiger charge is 2.26. The van der Waals surface area contributed by atoms with Gasteiger partial charge in [0, 0.05) is 9.86 Å². The molecular weight excluding hydrogens is 525 g/mol. The molecule has 128 valence electrons. The van der Waals surface area contributed by atoms with E-state index < -0.39 is 17.0 Å². The summed E-state index contributed by atoms with van der Waals surface area (Å²) in [7, 11) is 0. The SMILES string of the molecule is O=C(Cl)C(Cc1ccc(Br)cc1F)c1nn(I)c(=O)c2ccccc12. The number of hydrogen-bond acceptors (Lipinski definition) is 3. The molecule has 3 aromatic rings. The molecule has 8 heteroatoms. The highest BCUT2D eigenvalue weighted by Crippen LogP contribution is 2.29. The van der Waals surface area contributed by atoms with Gasteiger partial charge in [-0.3, -0.25) is 9.59 Å². The van der Waals surface area contributed by atoms with Crippen LogP contribution in [0.5, 0.6) is 0 Å². The summed E-state index contributed by atoms with van der Waals surface area (Å²) in [5, 5.41) is 4.53. The first-order valence-electron chi connectivity index (χ1n) is 7.20. The number of aromatic nitrogens is 2. The normalized spacial score (nSPS) is 12.3. The summed E-state index contributed by atoms with van der Waals surface area (Å²) in [6.07, 6.45) is 0.0489. The van der Waals surface area contributed by atoms with Crippen LogP contribution in [0.2, 0.25) is 0 Å². The Morgan fingerprint density at radius 1 is 1.28 bits per heavy atom. The molecule has 1 aromatic heterocycles. The first-order valence-corrected chi connectivity index (χ1v) is 9.33. The molecule has 0 bridgehead atoms. The fraction of sp³-hybridized carbons (Fsp3) is 0.118. The van der Waals surface area contributed by atoms with E-state index in [4.69, 9.17) is 11.6 Å². The van der Waals surface area contributed by atoms with E-state index in [9.17, 15) is 14.0 Å². The molecular formula is C17H10BrClFIN2O2. The minimum atomic E-state index is -0.871. The molecule has 0 N–H and O–H groups in total. The van der Waals surface area contributed by atoms with Crippen molar-refractivity contribution in [2.45, 2.75) is 12.3 Å². The van der Waals surface area contributed by atoms with Crippen molar-refractivity contribution in [2.24, 2.45) is 0 Å². The fourth-order valence-electron chi connectivity index (χ4n) is 2.64. The van der Waals surface area contributed by atoms with Crippen LogP contribution in [0.15, 0.2) is 51.7 Å². The van der Waals surface area contributed by atoms with Crippen LogP contribution in [0.4, 0.5) is 4.39 Å². The molecule has 0 spiro atoms. The molecule has 0 saturated carbocycles. The Labute approximate surface area is 169 Å². The molecule has 0 saturated heterocycles. The second-order valence-corrected chi connectivity index (χ2v) is 7.59. The van der Waals surface area contributed by atoms with E-state index in [2.05, 4.69) is 21.0 Å². The van der Waals surface area contributed by atoms with Gasteiger partial charge < -0.3 is 0 Å². The van der Waals surface area contributed by atoms with Crippen molar-refractivity contribution in [3.63, 3.8) is 0 Å². The minimum absolute atomic E-state index is 0.0489. The molecule has 0 aliphatic carbocycles. The monoisotopic (exact) mass is 534 g/mol. The van der Waals surface area contributed by atoms with Gasteiger partial charge in [-0.25, -0.2) is 4.39 Å². The Kier molecular flexibility index (Phi) is 5.55. The lowest BCUT2D eigenvalue weighted by Crippen LogP contribution is -2.22. The maximum absolute atomic E-state index is 14.2. The van der Waals surface area contributed by atoms with E-state index in [1.165, 1.54) is 6.07 Å². The van der Waals surface area contributed by atoms with Gasteiger partial charge in [0.05, 0.1) is 39.9 Å². The number of hydrogen-bond donors (Lipinski definition) is 0. The molecule has 0 amide bonds. The molecule has 0 aliphatic heterocycles. The zero-order valence-electron chi connectivity index (χ0n) is 12.5. The van der Waals surface area contributed by atoms with Crippen LogP contribution in [-0.2, 0) is 11.2 Å². The highest BCUT2D eigenvalue weighted by molar-refractivity contribution is 14.1. The highest BCUT2D eigenvalue weighted by atomic mass is 127. The van der Waals surface area contributed by atoms with E-state index in [0.717, 1.165) is 2.90 Å². The van der Waals surface area contributed by atoms with Crippen molar-refractivity contribution in [1.29, 1.82) is 0 Å². The van der Waals surface area contributed by atoms with Crippen LogP contribution in [0.25, 0.3) is 10.8 Å². The maximum Gasteiger partial charge on any atom is 0.283 e. The third-order valence-electron chi connectivity index (χ3n) is 3.84. The smallest absolute Gasteiger partial charge is 0.281 e. The third-order valence-corrected chi connectivity index (χ3v) is 5.25. The van der Waals surface area contributed by atoms with Gasteiger partial charge in [-0.1, -0.05) is 40.2 Å². The lowest BCUT2D eigenvalue weighted by atomic mass is 9.94. The number of halogens is 4. The second kappa shape index (κ2) is 7.51. The lowest BCUT2D eigenvalue weighted by molar-refractivity contribution is -0.113. The molecule has 25 heavy (non-hydrogen) atoms. The number of nitrogens with zero attached hydrogens (tertiary/aromatic N) is 2. The Morgan fingerprint density at radius 2 is 1.96 bits per heavy atom. The topological polar surface area (TPSA) is 52.0 Å². The molecule has 0 radical (unpaired) electrons. The van der Waals surface area contributed by atoms with E-state index in [-0.39, 0.29) is 12.0 Å². The molecule has 2 aromatic carbocycles. The van der Waals surface area contributed by atoms with Crippen molar-refractivity contribution in [1.82, 2.24) is 7.99 Å². The summed E-state index contributed by atoms with van der Waals surface area (Å²) < 4.78 is 15.9. The predicted molar refractivity (Wildman–Crippen MR) is 107 cm³/mol. The van der Waals surface area contributed by atoms with Gasteiger partial charge in [0.2, 0.25) is 5.24 Å². The summed E-state index contributed by atoms with van der Waals surface area (Å²) in [6.45, 7) is 0. The number of carbonyl (C=O) groups excluding carboxylic acids is 1. The van der Waals surface area contributed by atoms with Crippen LogP contribution < -0.4 is 5.56 Å². The summed E-state index contributed by atoms with van der Waals surface area (Å²) in [4.78, 5) is 24.3. The standard InChI is InChI=1S/C17H10BrClFIN2O2/c18-10-6-5-9(14(20)8-10)7-13(16(19)24)15-11-3-1-2-4-12(11)17(25)23(21)22-15/h1-6,8,13H,7H2. The fourth-order valence-corrected chi connectivity index (χ4v) is 3.64. The molecule has 0 aliphatic rings. The van der Waals surface area contributed by atoms with Crippen molar-refractivity contribution >= 4 is 66.4 Å². The van der Waals surface area contributed by atoms with Crippen molar-refractivity contribution < 1.29 is 9.18 Å². The van der Waals surface area contributed by atoms with E-state index in [0.29, 0.717) is 26.5 Å². The van der Waals surface area contributed by atoms with Gasteiger partial charge in [0.25, 0.3) is 5.56 Å². The Balaban J connectivity index is 2.16. The van der Waals surface area contributed by atoms with Gasteiger partial charge in [0.1, 0.15) is 5.82 Å². The molecule has 1 unspecified atom stereocenters. The average Bonchev–Trinajstić information content (AvgIpc) is 2.57. The van der Waals surface area contributed by atoms with Crippen LogP contribution >= 0.6 is 50.4 Å². The molecule has 1 atom stereocenters. The van der Waals surface area contributed by atoms with Gasteiger partial charge >= 0.3 is 0 Å². The average molecular weight is 536 g/mol. The number of fused-ring (bicyclic) bond motifs is 1. The summed E-state index contributed by atoms with van der Waals surface area (Å²) in [5.74, 6) is -1.31.